The minimum atomic E-state index is -0.330. The van der Waals surface area contributed by atoms with Crippen LogP contribution in [0.3, 0.4) is 0 Å². The number of nitrogens with zero attached hydrogens (tertiary/aromatic N) is 3. The first-order chi connectivity index (χ1) is 12.3. The molecule has 7 heteroatoms. The van der Waals surface area contributed by atoms with E-state index in [1.54, 1.807) is 24.5 Å². The van der Waals surface area contributed by atoms with Crippen LogP contribution in [0.25, 0.3) is 11.3 Å². The highest BCUT2D eigenvalue weighted by atomic mass is 127. The Labute approximate surface area is 165 Å². The van der Waals surface area contributed by atoms with E-state index in [1.807, 2.05) is 39.0 Å². The van der Waals surface area contributed by atoms with E-state index in [1.165, 1.54) is 6.07 Å². The maximum Gasteiger partial charge on any atom is 0.225 e. The first-order valence-electron chi connectivity index (χ1n) is 8.10. The van der Waals surface area contributed by atoms with Gasteiger partial charge in [0.15, 0.2) is 0 Å². The molecule has 5 nitrogen and oxygen atoms in total. The van der Waals surface area contributed by atoms with Crippen molar-refractivity contribution in [2.75, 3.05) is 10.6 Å². The Morgan fingerprint density at radius 2 is 1.88 bits per heavy atom. The van der Waals surface area contributed by atoms with E-state index >= 15 is 0 Å². The first-order valence-corrected chi connectivity index (χ1v) is 9.18. The summed E-state index contributed by atoms with van der Waals surface area (Å²) in [6.07, 6.45) is 3.44. The fourth-order valence-corrected chi connectivity index (χ4v) is 2.75. The fraction of sp³-hybridized carbons (Fsp3) is 0.211. The van der Waals surface area contributed by atoms with E-state index < -0.39 is 0 Å². The predicted molar refractivity (Wildman–Crippen MR) is 111 cm³/mol. The van der Waals surface area contributed by atoms with Gasteiger partial charge >= 0.3 is 0 Å². The van der Waals surface area contributed by atoms with Gasteiger partial charge in [0.05, 0.1) is 11.4 Å². The van der Waals surface area contributed by atoms with Crippen molar-refractivity contribution in [1.29, 1.82) is 0 Å². The molecule has 0 aliphatic rings. The van der Waals surface area contributed by atoms with Crippen LogP contribution in [0.4, 0.5) is 21.8 Å². The van der Waals surface area contributed by atoms with Crippen molar-refractivity contribution in [3.8, 4) is 11.3 Å². The highest BCUT2D eigenvalue weighted by Crippen LogP contribution is 2.26. The lowest BCUT2D eigenvalue weighted by Crippen LogP contribution is -2.27. The molecule has 2 heterocycles. The number of hydrogen-bond donors (Lipinski definition) is 2. The number of pyridine rings is 1. The van der Waals surface area contributed by atoms with Crippen molar-refractivity contribution in [1.82, 2.24) is 15.0 Å². The summed E-state index contributed by atoms with van der Waals surface area (Å²) in [4.78, 5) is 13.2. The Kier molecular flexibility index (Phi) is 5.36. The molecule has 0 aliphatic heterocycles. The average Bonchev–Trinajstić information content (AvgIpc) is 2.56. The second-order valence-electron chi connectivity index (χ2n) is 6.83. The minimum absolute atomic E-state index is 0.209. The van der Waals surface area contributed by atoms with Crippen LogP contribution < -0.4 is 10.6 Å². The van der Waals surface area contributed by atoms with Crippen LogP contribution in [0.2, 0.25) is 0 Å². The highest BCUT2D eigenvalue weighted by Gasteiger charge is 2.14. The fourth-order valence-electron chi connectivity index (χ4n) is 2.29. The second-order valence-corrected chi connectivity index (χ2v) is 8.07. The zero-order valence-electron chi connectivity index (χ0n) is 14.7. The topological polar surface area (TPSA) is 62.7 Å². The van der Waals surface area contributed by atoms with Crippen molar-refractivity contribution in [2.45, 2.75) is 26.3 Å². The predicted octanol–water partition coefficient (Wildman–Crippen LogP) is 5.24. The number of benzene rings is 1. The van der Waals surface area contributed by atoms with E-state index in [0.717, 1.165) is 9.13 Å². The molecule has 0 amide bonds. The van der Waals surface area contributed by atoms with Crippen molar-refractivity contribution >= 4 is 40.0 Å². The normalized spacial score (nSPS) is 11.3. The smallest absolute Gasteiger partial charge is 0.225 e. The van der Waals surface area contributed by atoms with Gasteiger partial charge in [-0.1, -0.05) is 0 Å². The van der Waals surface area contributed by atoms with Crippen LogP contribution in [-0.2, 0) is 0 Å². The largest absolute Gasteiger partial charge is 0.350 e. The Balaban J connectivity index is 2.01. The van der Waals surface area contributed by atoms with E-state index in [2.05, 4.69) is 48.2 Å². The van der Waals surface area contributed by atoms with Gasteiger partial charge < -0.3 is 10.6 Å². The Morgan fingerprint density at radius 1 is 1.08 bits per heavy atom. The van der Waals surface area contributed by atoms with Gasteiger partial charge in [0, 0.05) is 33.1 Å². The molecule has 0 fully saturated rings. The van der Waals surface area contributed by atoms with Gasteiger partial charge in [-0.05, 0) is 73.7 Å². The van der Waals surface area contributed by atoms with Crippen molar-refractivity contribution in [3.63, 3.8) is 0 Å². The van der Waals surface area contributed by atoms with Gasteiger partial charge in [-0.15, -0.1) is 0 Å². The molecule has 3 rings (SSSR count). The zero-order chi connectivity index (χ0) is 18.7. The van der Waals surface area contributed by atoms with Gasteiger partial charge in [-0.25, -0.2) is 9.37 Å². The summed E-state index contributed by atoms with van der Waals surface area (Å²) in [5.41, 5.74) is 1.72. The summed E-state index contributed by atoms with van der Waals surface area (Å²) >= 11 is 2.08. The summed E-state index contributed by atoms with van der Waals surface area (Å²) in [7, 11) is 0. The number of nitrogens with one attached hydrogen (secondary N) is 2. The van der Waals surface area contributed by atoms with Gasteiger partial charge in [0.25, 0.3) is 0 Å². The van der Waals surface area contributed by atoms with Gasteiger partial charge in [0.1, 0.15) is 11.6 Å². The maximum atomic E-state index is 14.2. The van der Waals surface area contributed by atoms with Crippen LogP contribution in [0.5, 0.6) is 0 Å². The molecule has 0 saturated heterocycles. The van der Waals surface area contributed by atoms with E-state index in [-0.39, 0.29) is 11.4 Å². The molecular formula is C19H19FIN5. The molecule has 0 spiro atoms. The molecular weight excluding hydrogens is 444 g/mol. The summed E-state index contributed by atoms with van der Waals surface area (Å²) in [6, 6.07) is 10.6. The third-order valence-corrected chi connectivity index (χ3v) is 4.04. The number of anilines is 3. The lowest BCUT2D eigenvalue weighted by atomic mass is 10.1. The average molecular weight is 463 g/mol. The molecule has 134 valence electrons. The molecule has 0 bridgehead atoms. The molecule has 0 saturated carbocycles. The maximum absolute atomic E-state index is 14.2. The Bertz CT molecular complexity index is 910. The van der Waals surface area contributed by atoms with Crippen molar-refractivity contribution < 1.29 is 4.39 Å². The quantitative estimate of drug-likeness (QED) is 0.519. The molecule has 2 N–H and O–H groups in total. The van der Waals surface area contributed by atoms with E-state index in [9.17, 15) is 4.39 Å². The number of rotatable bonds is 4. The van der Waals surface area contributed by atoms with Crippen LogP contribution in [0.1, 0.15) is 20.8 Å². The Morgan fingerprint density at radius 3 is 2.54 bits per heavy atom. The van der Waals surface area contributed by atoms with E-state index in [0.29, 0.717) is 23.1 Å². The molecule has 0 unspecified atom stereocenters. The van der Waals surface area contributed by atoms with Crippen LogP contribution >= 0.6 is 22.6 Å². The second kappa shape index (κ2) is 7.53. The zero-order valence-corrected chi connectivity index (χ0v) is 16.9. The number of halogens is 2. The van der Waals surface area contributed by atoms with E-state index in [4.69, 9.17) is 0 Å². The molecule has 0 atom stereocenters. The van der Waals surface area contributed by atoms with Crippen molar-refractivity contribution in [3.05, 3.63) is 58.2 Å². The van der Waals surface area contributed by atoms with Crippen LogP contribution in [0, 0.1) is 9.39 Å². The SMILES string of the molecule is CC(C)(C)Nc1nc(Nc2ccc(I)cc2F)cc(-c2cccnc2)n1. The first kappa shape index (κ1) is 18.5. The molecule has 1 aromatic carbocycles. The molecule has 0 radical (unpaired) electrons. The summed E-state index contributed by atoms with van der Waals surface area (Å²) in [6.45, 7) is 6.08. The highest BCUT2D eigenvalue weighted by molar-refractivity contribution is 14.1. The summed E-state index contributed by atoms with van der Waals surface area (Å²) in [5, 5.41) is 6.31. The van der Waals surface area contributed by atoms with Gasteiger partial charge in [-0.3, -0.25) is 4.98 Å². The van der Waals surface area contributed by atoms with Crippen LogP contribution in [-0.4, -0.2) is 20.5 Å². The van der Waals surface area contributed by atoms with Crippen LogP contribution in [0.15, 0.2) is 48.8 Å². The molecule has 0 aliphatic carbocycles. The summed E-state index contributed by atoms with van der Waals surface area (Å²) < 4.78 is 15.0. The molecule has 2 aromatic heterocycles. The number of aromatic nitrogens is 3. The van der Waals surface area contributed by atoms with Crippen molar-refractivity contribution in [2.24, 2.45) is 0 Å². The monoisotopic (exact) mass is 463 g/mol. The lowest BCUT2D eigenvalue weighted by molar-refractivity contribution is 0.625. The third kappa shape index (κ3) is 4.87. The number of hydrogen-bond acceptors (Lipinski definition) is 5. The third-order valence-electron chi connectivity index (χ3n) is 3.36. The molecule has 26 heavy (non-hydrogen) atoms. The Hall–Kier alpha value is -2.29. The minimum Gasteiger partial charge on any atom is -0.350 e. The standard InChI is InChI=1S/C19H19FIN5/c1-19(2,3)26-18-24-16(12-5-4-8-22-11-12)10-17(25-18)23-15-7-6-13(21)9-14(15)20/h4-11H,1-3H3,(H2,23,24,25,26). The van der Waals surface area contributed by atoms with Gasteiger partial charge in [0.2, 0.25) is 5.95 Å². The van der Waals surface area contributed by atoms with Gasteiger partial charge in [-0.2, -0.15) is 4.98 Å². The molecule has 3 aromatic rings. The summed E-state index contributed by atoms with van der Waals surface area (Å²) in [5.74, 6) is 0.641. The lowest BCUT2D eigenvalue weighted by Gasteiger charge is -2.21.